The summed E-state index contributed by atoms with van der Waals surface area (Å²) in [4.78, 5) is 14.2. The zero-order valence-electron chi connectivity index (χ0n) is 20.7. The molecule has 3 rings (SSSR count). The molecule has 1 aromatic heterocycles. The molecule has 5 nitrogen and oxygen atoms in total. The Hall–Kier alpha value is -1.70. The summed E-state index contributed by atoms with van der Waals surface area (Å²) < 4.78 is 29.4. The van der Waals surface area contributed by atoms with Crippen molar-refractivity contribution < 1.29 is 13.2 Å². The van der Waals surface area contributed by atoms with Crippen LogP contribution in [0.1, 0.15) is 93.7 Å². The van der Waals surface area contributed by atoms with Gasteiger partial charge in [-0.05, 0) is 58.7 Å². The van der Waals surface area contributed by atoms with E-state index in [9.17, 15) is 13.2 Å². The van der Waals surface area contributed by atoms with Gasteiger partial charge in [-0.15, -0.1) is 11.3 Å². The molecule has 33 heavy (non-hydrogen) atoms. The fourth-order valence-electron chi connectivity index (χ4n) is 4.41. The summed E-state index contributed by atoms with van der Waals surface area (Å²) >= 11 is 1.62. The van der Waals surface area contributed by atoms with E-state index in [4.69, 9.17) is 0 Å². The summed E-state index contributed by atoms with van der Waals surface area (Å²) in [5.74, 6) is 0.416. The van der Waals surface area contributed by atoms with Crippen molar-refractivity contribution in [1.29, 1.82) is 0 Å². The molecule has 1 N–H and O–H groups in total. The Morgan fingerprint density at radius 3 is 2.06 bits per heavy atom. The zero-order valence-corrected chi connectivity index (χ0v) is 22.4. The van der Waals surface area contributed by atoms with E-state index in [2.05, 4.69) is 59.0 Å². The molecule has 0 atom stereocenters. The Bertz CT molecular complexity index is 1020. The van der Waals surface area contributed by atoms with Crippen LogP contribution < -0.4 is 5.32 Å². The van der Waals surface area contributed by atoms with E-state index in [1.165, 1.54) is 5.56 Å². The lowest BCUT2D eigenvalue weighted by Gasteiger charge is -2.33. The number of amides is 1. The van der Waals surface area contributed by atoms with E-state index in [0.29, 0.717) is 43.3 Å². The highest BCUT2D eigenvalue weighted by atomic mass is 32.2. The van der Waals surface area contributed by atoms with Gasteiger partial charge in [-0.2, -0.15) is 4.31 Å². The van der Waals surface area contributed by atoms with Gasteiger partial charge in [-0.25, -0.2) is 8.42 Å². The molecule has 1 aliphatic rings. The molecule has 2 heterocycles. The van der Waals surface area contributed by atoms with Crippen molar-refractivity contribution in [2.75, 3.05) is 13.1 Å². The van der Waals surface area contributed by atoms with Gasteiger partial charge in [0.05, 0.1) is 11.4 Å². The third-order valence-electron chi connectivity index (χ3n) is 6.52. The first kappa shape index (κ1) is 25.9. The predicted octanol–water partition coefficient (Wildman–Crippen LogP) is 5.84. The minimum atomic E-state index is -3.65. The van der Waals surface area contributed by atoms with E-state index in [1.54, 1.807) is 15.6 Å². The molecule has 1 saturated heterocycles. The molecule has 1 aromatic carbocycles. The molecule has 0 unspecified atom stereocenters. The van der Waals surface area contributed by atoms with Gasteiger partial charge in [0.25, 0.3) is 0 Å². The summed E-state index contributed by atoms with van der Waals surface area (Å²) in [5.41, 5.74) is 2.99. The molecule has 1 amide bonds. The van der Waals surface area contributed by atoms with E-state index in [-0.39, 0.29) is 23.7 Å². The van der Waals surface area contributed by atoms with Crippen LogP contribution in [0.25, 0.3) is 0 Å². The predicted molar refractivity (Wildman–Crippen MR) is 136 cm³/mol. The Labute approximate surface area is 203 Å². The van der Waals surface area contributed by atoms with Crippen molar-refractivity contribution >= 4 is 27.3 Å². The maximum absolute atomic E-state index is 13.9. The summed E-state index contributed by atoms with van der Waals surface area (Å²) in [6.07, 6.45) is 1.10. The van der Waals surface area contributed by atoms with Crippen LogP contribution in [0.5, 0.6) is 0 Å². The third-order valence-corrected chi connectivity index (χ3v) is 9.43. The van der Waals surface area contributed by atoms with Crippen LogP contribution in [0.4, 0.5) is 0 Å². The first-order valence-electron chi connectivity index (χ1n) is 12.0. The minimum absolute atomic E-state index is 0.0208. The van der Waals surface area contributed by atoms with Gasteiger partial charge in [0.2, 0.25) is 15.9 Å². The van der Waals surface area contributed by atoms with Gasteiger partial charge in [0.15, 0.2) is 0 Å². The second-order valence-corrected chi connectivity index (χ2v) is 12.9. The SMILES string of the molecule is CC(C)c1cc(C(C)C)c(S(=O)(=O)N2CCC(C(=O)NCc3cccs3)CC2)c(C(C)C)c1. The van der Waals surface area contributed by atoms with Crippen molar-refractivity contribution in [3.05, 3.63) is 51.2 Å². The molecule has 0 saturated carbocycles. The van der Waals surface area contributed by atoms with Gasteiger partial charge < -0.3 is 5.32 Å². The van der Waals surface area contributed by atoms with Crippen molar-refractivity contribution in [2.45, 2.75) is 83.6 Å². The maximum Gasteiger partial charge on any atom is 0.243 e. The quantitative estimate of drug-likeness (QED) is 0.506. The lowest BCUT2D eigenvalue weighted by Crippen LogP contribution is -2.43. The Kier molecular flexibility index (Phi) is 8.40. The van der Waals surface area contributed by atoms with E-state index < -0.39 is 10.0 Å². The molecule has 182 valence electrons. The zero-order chi connectivity index (χ0) is 24.3. The number of sulfonamides is 1. The highest BCUT2D eigenvalue weighted by Crippen LogP contribution is 2.37. The molecule has 0 radical (unpaired) electrons. The van der Waals surface area contributed by atoms with Gasteiger partial charge in [-0.1, -0.05) is 59.7 Å². The smallest absolute Gasteiger partial charge is 0.243 e. The summed E-state index contributed by atoms with van der Waals surface area (Å²) in [5, 5.41) is 5.00. The number of hydrogen-bond donors (Lipinski definition) is 1. The Balaban J connectivity index is 1.81. The van der Waals surface area contributed by atoms with Crippen LogP contribution in [-0.4, -0.2) is 31.7 Å². The van der Waals surface area contributed by atoms with Crippen LogP contribution in [0.2, 0.25) is 0 Å². The third kappa shape index (κ3) is 5.87. The highest BCUT2D eigenvalue weighted by molar-refractivity contribution is 7.89. The van der Waals surface area contributed by atoms with E-state index in [1.807, 2.05) is 17.5 Å². The number of hydrogen-bond acceptors (Lipinski definition) is 4. The normalized spacial score (nSPS) is 16.2. The second kappa shape index (κ2) is 10.7. The number of rotatable bonds is 8. The number of carbonyl (C=O) groups excluding carboxylic acids is 1. The average molecular weight is 491 g/mol. The van der Waals surface area contributed by atoms with E-state index in [0.717, 1.165) is 16.0 Å². The summed E-state index contributed by atoms with van der Waals surface area (Å²) in [7, 11) is -3.65. The maximum atomic E-state index is 13.9. The summed E-state index contributed by atoms with van der Waals surface area (Å²) in [6.45, 7) is 13.8. The lowest BCUT2D eigenvalue weighted by molar-refractivity contribution is -0.126. The second-order valence-electron chi connectivity index (χ2n) is 9.97. The van der Waals surface area contributed by atoms with Crippen LogP contribution in [0.3, 0.4) is 0 Å². The molecule has 7 heteroatoms. The van der Waals surface area contributed by atoms with Crippen molar-refractivity contribution in [1.82, 2.24) is 9.62 Å². The van der Waals surface area contributed by atoms with Crippen molar-refractivity contribution in [3.63, 3.8) is 0 Å². The van der Waals surface area contributed by atoms with Crippen LogP contribution in [0, 0.1) is 5.92 Å². The number of nitrogens with one attached hydrogen (secondary N) is 1. The number of piperidine rings is 1. The summed E-state index contributed by atoms with van der Waals surface area (Å²) in [6, 6.07) is 8.14. The lowest BCUT2D eigenvalue weighted by atomic mass is 9.89. The van der Waals surface area contributed by atoms with Crippen LogP contribution in [0.15, 0.2) is 34.5 Å². The topological polar surface area (TPSA) is 66.5 Å². The average Bonchev–Trinajstić information content (AvgIpc) is 3.30. The number of nitrogens with zero attached hydrogens (tertiary/aromatic N) is 1. The molecule has 0 spiro atoms. The number of carbonyl (C=O) groups is 1. The standard InChI is InChI=1S/C26H38N2O3S2/c1-17(2)21-14-23(18(3)4)25(24(15-21)19(5)6)33(30,31)28-11-9-20(10-12-28)26(29)27-16-22-8-7-13-32-22/h7-8,13-15,17-20H,9-12,16H2,1-6H3,(H,27,29). The number of benzene rings is 1. The minimum Gasteiger partial charge on any atom is -0.351 e. The van der Waals surface area contributed by atoms with Gasteiger partial charge in [0, 0.05) is 23.9 Å². The highest BCUT2D eigenvalue weighted by Gasteiger charge is 2.35. The molecule has 2 aromatic rings. The Morgan fingerprint density at radius 2 is 1.61 bits per heavy atom. The molecular weight excluding hydrogens is 452 g/mol. The molecule has 1 aliphatic heterocycles. The molecule has 0 bridgehead atoms. The monoisotopic (exact) mass is 490 g/mol. The van der Waals surface area contributed by atoms with Crippen molar-refractivity contribution in [3.8, 4) is 0 Å². The molecular formula is C26H38N2O3S2. The fourth-order valence-corrected chi connectivity index (χ4v) is 7.19. The van der Waals surface area contributed by atoms with Crippen molar-refractivity contribution in [2.24, 2.45) is 5.92 Å². The molecule has 0 aliphatic carbocycles. The van der Waals surface area contributed by atoms with Gasteiger partial charge in [0.1, 0.15) is 0 Å². The largest absolute Gasteiger partial charge is 0.351 e. The fraction of sp³-hybridized carbons (Fsp3) is 0.577. The number of thiophene rings is 1. The first-order valence-corrected chi connectivity index (χ1v) is 14.3. The Morgan fingerprint density at radius 1 is 1.03 bits per heavy atom. The van der Waals surface area contributed by atoms with Crippen LogP contribution >= 0.6 is 11.3 Å². The van der Waals surface area contributed by atoms with Gasteiger partial charge in [-0.3, -0.25) is 4.79 Å². The first-order chi connectivity index (χ1) is 15.5. The molecule has 1 fully saturated rings. The van der Waals surface area contributed by atoms with Gasteiger partial charge >= 0.3 is 0 Å². The van der Waals surface area contributed by atoms with E-state index >= 15 is 0 Å². The van der Waals surface area contributed by atoms with Crippen LogP contribution in [-0.2, 0) is 21.4 Å².